The van der Waals surface area contributed by atoms with Crippen molar-refractivity contribution in [2.45, 2.75) is 44.4 Å². The van der Waals surface area contributed by atoms with Gasteiger partial charge in [0.2, 0.25) is 0 Å². The van der Waals surface area contributed by atoms with Crippen LogP contribution in [0.25, 0.3) is 0 Å². The van der Waals surface area contributed by atoms with Crippen molar-refractivity contribution in [1.29, 1.82) is 0 Å². The highest BCUT2D eigenvalue weighted by Gasteiger charge is 2.38. The molecule has 0 radical (unpaired) electrons. The van der Waals surface area contributed by atoms with Crippen molar-refractivity contribution >= 4 is 5.82 Å². The van der Waals surface area contributed by atoms with Crippen LogP contribution in [0.5, 0.6) is 0 Å². The molecule has 2 heterocycles. The Morgan fingerprint density at radius 2 is 2.16 bits per heavy atom. The summed E-state index contributed by atoms with van der Waals surface area (Å²) < 4.78 is 39.1. The molecule has 2 unspecified atom stereocenters. The molecule has 19 heavy (non-hydrogen) atoms. The van der Waals surface area contributed by atoms with E-state index in [2.05, 4.69) is 4.98 Å². The smallest absolute Gasteiger partial charge is 0.352 e. The van der Waals surface area contributed by atoms with E-state index in [1.54, 1.807) is 4.90 Å². The van der Waals surface area contributed by atoms with Crippen LogP contribution >= 0.6 is 0 Å². The summed E-state index contributed by atoms with van der Waals surface area (Å²) in [6.07, 6.45) is -0.305. The maximum Gasteiger partial charge on any atom is 0.419 e. The lowest BCUT2D eigenvalue weighted by Crippen LogP contribution is -2.50. The number of halogens is 3. The molecule has 1 aromatic heterocycles. The first-order chi connectivity index (χ1) is 8.91. The molecular weight excluding hydrogens is 255 g/mol. The quantitative estimate of drug-likeness (QED) is 0.901. The Morgan fingerprint density at radius 1 is 1.42 bits per heavy atom. The van der Waals surface area contributed by atoms with Crippen LogP contribution in [0, 0.1) is 0 Å². The summed E-state index contributed by atoms with van der Waals surface area (Å²) in [7, 11) is 0. The van der Waals surface area contributed by atoms with E-state index in [1.165, 1.54) is 12.3 Å². The van der Waals surface area contributed by atoms with E-state index in [0.717, 1.165) is 25.3 Å². The summed E-state index contributed by atoms with van der Waals surface area (Å²) in [5.41, 5.74) is 5.23. The van der Waals surface area contributed by atoms with Crippen LogP contribution in [-0.4, -0.2) is 23.6 Å². The Labute approximate surface area is 110 Å². The molecule has 2 atom stereocenters. The lowest BCUT2D eigenvalue weighted by Gasteiger charge is -2.39. The van der Waals surface area contributed by atoms with Gasteiger partial charge >= 0.3 is 6.18 Å². The van der Waals surface area contributed by atoms with Gasteiger partial charge in [-0.05, 0) is 38.3 Å². The Hall–Kier alpha value is -1.30. The van der Waals surface area contributed by atoms with Gasteiger partial charge in [-0.2, -0.15) is 13.2 Å². The Balaban J connectivity index is 2.39. The average molecular weight is 273 g/mol. The molecular formula is C13H18F3N3. The van der Waals surface area contributed by atoms with E-state index >= 15 is 0 Å². The number of pyridine rings is 1. The number of anilines is 1. The number of alkyl halides is 3. The van der Waals surface area contributed by atoms with E-state index < -0.39 is 11.7 Å². The number of rotatable bonds is 2. The van der Waals surface area contributed by atoms with Crippen LogP contribution in [0.4, 0.5) is 19.0 Å². The molecule has 1 saturated heterocycles. The molecule has 6 heteroatoms. The fourth-order valence-electron chi connectivity index (χ4n) is 2.61. The topological polar surface area (TPSA) is 42.1 Å². The number of nitrogens with zero attached hydrogens (tertiary/aromatic N) is 2. The second kappa shape index (κ2) is 5.36. The van der Waals surface area contributed by atoms with Gasteiger partial charge in [0.05, 0.1) is 5.56 Å². The highest BCUT2D eigenvalue weighted by molar-refractivity contribution is 5.50. The molecule has 0 amide bonds. The van der Waals surface area contributed by atoms with Crippen molar-refractivity contribution in [3.05, 3.63) is 23.9 Å². The summed E-state index contributed by atoms with van der Waals surface area (Å²) in [6.45, 7) is 2.41. The predicted octanol–water partition coefficient (Wildman–Crippen LogP) is 2.81. The van der Waals surface area contributed by atoms with E-state index in [4.69, 9.17) is 5.73 Å². The Bertz CT molecular complexity index is 431. The third kappa shape index (κ3) is 3.00. The average Bonchev–Trinajstić information content (AvgIpc) is 2.37. The predicted molar refractivity (Wildman–Crippen MR) is 67.9 cm³/mol. The van der Waals surface area contributed by atoms with Gasteiger partial charge in [-0.3, -0.25) is 0 Å². The molecule has 2 rings (SSSR count). The maximum atomic E-state index is 13.0. The minimum absolute atomic E-state index is 0.0111. The fraction of sp³-hybridized carbons (Fsp3) is 0.615. The molecule has 1 fully saturated rings. The van der Waals surface area contributed by atoms with Crippen LogP contribution in [-0.2, 0) is 6.18 Å². The third-order valence-electron chi connectivity index (χ3n) is 3.52. The van der Waals surface area contributed by atoms with E-state index in [1.807, 2.05) is 6.92 Å². The van der Waals surface area contributed by atoms with Crippen LogP contribution in [0.3, 0.4) is 0 Å². The van der Waals surface area contributed by atoms with Gasteiger partial charge in [-0.1, -0.05) is 0 Å². The lowest BCUT2D eigenvalue weighted by atomic mass is 9.96. The van der Waals surface area contributed by atoms with Gasteiger partial charge in [0.1, 0.15) is 5.82 Å². The molecule has 106 valence electrons. The largest absolute Gasteiger partial charge is 0.419 e. The SMILES string of the molecule is CC(N)C1CCCCN1c1ncccc1C(F)(F)F. The number of hydrogen-bond acceptors (Lipinski definition) is 3. The summed E-state index contributed by atoms with van der Waals surface area (Å²) in [4.78, 5) is 5.67. The molecule has 0 aromatic carbocycles. The summed E-state index contributed by atoms with van der Waals surface area (Å²) in [5, 5.41) is 0. The zero-order chi connectivity index (χ0) is 14.0. The second-order valence-corrected chi connectivity index (χ2v) is 4.99. The first kappa shape index (κ1) is 14.1. The zero-order valence-corrected chi connectivity index (χ0v) is 10.8. The van der Waals surface area contributed by atoms with Crippen LogP contribution in [0.15, 0.2) is 18.3 Å². The summed E-state index contributed by atoms with van der Waals surface area (Å²) in [5.74, 6) is 0.0111. The van der Waals surface area contributed by atoms with E-state index in [-0.39, 0.29) is 17.9 Å². The maximum absolute atomic E-state index is 13.0. The van der Waals surface area contributed by atoms with Gasteiger partial charge in [0.15, 0.2) is 0 Å². The summed E-state index contributed by atoms with van der Waals surface area (Å²) in [6, 6.07) is 2.14. The molecule has 1 aromatic rings. The summed E-state index contributed by atoms with van der Waals surface area (Å²) >= 11 is 0. The molecule has 0 saturated carbocycles. The van der Waals surface area contributed by atoms with E-state index in [0.29, 0.717) is 6.54 Å². The minimum atomic E-state index is -4.39. The highest BCUT2D eigenvalue weighted by Crippen LogP contribution is 2.37. The van der Waals surface area contributed by atoms with Gasteiger partial charge < -0.3 is 10.6 Å². The molecule has 3 nitrogen and oxygen atoms in total. The van der Waals surface area contributed by atoms with Crippen molar-refractivity contribution in [1.82, 2.24) is 4.98 Å². The van der Waals surface area contributed by atoms with Gasteiger partial charge in [0, 0.05) is 24.8 Å². The van der Waals surface area contributed by atoms with Crippen molar-refractivity contribution in [2.75, 3.05) is 11.4 Å². The molecule has 1 aliphatic heterocycles. The highest BCUT2D eigenvalue weighted by atomic mass is 19.4. The first-order valence-corrected chi connectivity index (χ1v) is 6.45. The number of aromatic nitrogens is 1. The minimum Gasteiger partial charge on any atom is -0.352 e. The standard InChI is InChI=1S/C13H18F3N3/c1-9(17)11-6-2-3-8-19(11)12-10(13(14,15)16)5-4-7-18-12/h4-5,7,9,11H,2-3,6,8,17H2,1H3. The molecule has 2 N–H and O–H groups in total. The normalized spacial score (nSPS) is 22.4. The Kier molecular flexibility index (Phi) is 3.99. The van der Waals surface area contributed by atoms with Gasteiger partial charge in [0.25, 0.3) is 0 Å². The molecule has 1 aliphatic rings. The number of nitrogens with two attached hydrogens (primary N) is 1. The number of hydrogen-bond donors (Lipinski definition) is 1. The first-order valence-electron chi connectivity index (χ1n) is 6.45. The monoisotopic (exact) mass is 273 g/mol. The van der Waals surface area contributed by atoms with E-state index in [9.17, 15) is 13.2 Å². The van der Waals surface area contributed by atoms with Gasteiger partial charge in [-0.25, -0.2) is 4.98 Å². The van der Waals surface area contributed by atoms with Crippen molar-refractivity contribution in [3.8, 4) is 0 Å². The number of piperidine rings is 1. The zero-order valence-electron chi connectivity index (χ0n) is 10.8. The molecule has 0 bridgehead atoms. The van der Waals surface area contributed by atoms with Gasteiger partial charge in [-0.15, -0.1) is 0 Å². The van der Waals surface area contributed by atoms with Crippen LogP contribution in [0.2, 0.25) is 0 Å². The molecule has 0 aliphatic carbocycles. The van der Waals surface area contributed by atoms with Crippen LogP contribution in [0.1, 0.15) is 31.7 Å². The van der Waals surface area contributed by atoms with Crippen molar-refractivity contribution < 1.29 is 13.2 Å². The van der Waals surface area contributed by atoms with Crippen molar-refractivity contribution in [2.24, 2.45) is 5.73 Å². The lowest BCUT2D eigenvalue weighted by molar-refractivity contribution is -0.137. The van der Waals surface area contributed by atoms with Crippen molar-refractivity contribution in [3.63, 3.8) is 0 Å². The Morgan fingerprint density at radius 3 is 2.79 bits per heavy atom. The third-order valence-corrected chi connectivity index (χ3v) is 3.52. The fourth-order valence-corrected chi connectivity index (χ4v) is 2.61. The molecule has 0 spiro atoms. The second-order valence-electron chi connectivity index (χ2n) is 4.99. The van der Waals surface area contributed by atoms with Crippen LogP contribution < -0.4 is 10.6 Å².